The lowest BCUT2D eigenvalue weighted by Gasteiger charge is -2.27. The first-order valence-corrected chi connectivity index (χ1v) is 6.08. The van der Waals surface area contributed by atoms with Crippen LogP contribution in [0.2, 0.25) is 0 Å². The lowest BCUT2D eigenvalue weighted by atomic mass is 10.1. The maximum absolute atomic E-state index is 5.97. The number of aromatic nitrogens is 2. The molecule has 1 saturated heterocycles. The van der Waals surface area contributed by atoms with Crippen molar-refractivity contribution in [1.29, 1.82) is 0 Å². The lowest BCUT2D eigenvalue weighted by molar-refractivity contribution is 0.338. The summed E-state index contributed by atoms with van der Waals surface area (Å²) in [5.41, 5.74) is 7.84. The largest absolute Gasteiger partial charge is 0.370 e. The molecular formula is C12H20IN5. The number of aryl methyl sites for hydroxylation is 1. The fraction of sp³-hybridized carbons (Fsp3) is 0.583. The van der Waals surface area contributed by atoms with Gasteiger partial charge in [-0.2, -0.15) is 0 Å². The minimum Gasteiger partial charge on any atom is -0.370 e. The van der Waals surface area contributed by atoms with Crippen LogP contribution < -0.4 is 5.73 Å². The van der Waals surface area contributed by atoms with Crippen molar-refractivity contribution in [3.63, 3.8) is 0 Å². The third kappa shape index (κ3) is 4.40. The van der Waals surface area contributed by atoms with Crippen LogP contribution >= 0.6 is 24.0 Å². The molecule has 0 aromatic carbocycles. The van der Waals surface area contributed by atoms with Gasteiger partial charge in [0.15, 0.2) is 5.96 Å². The molecule has 5 nitrogen and oxygen atoms in total. The molecule has 18 heavy (non-hydrogen) atoms. The summed E-state index contributed by atoms with van der Waals surface area (Å²) < 4.78 is 0. The molecule has 2 N–H and O–H groups in total. The second-order valence-electron chi connectivity index (χ2n) is 4.37. The lowest BCUT2D eigenvalue weighted by Crippen LogP contribution is -2.40. The maximum Gasteiger partial charge on any atom is 0.191 e. The molecule has 0 unspecified atom stereocenters. The van der Waals surface area contributed by atoms with Gasteiger partial charge in [0, 0.05) is 18.8 Å². The van der Waals surface area contributed by atoms with Crippen LogP contribution in [-0.4, -0.2) is 33.9 Å². The Labute approximate surface area is 125 Å². The zero-order chi connectivity index (χ0) is 12.1. The van der Waals surface area contributed by atoms with Gasteiger partial charge in [-0.25, -0.2) is 15.0 Å². The molecule has 0 bridgehead atoms. The van der Waals surface area contributed by atoms with E-state index in [2.05, 4.69) is 19.9 Å². The quantitative estimate of drug-likeness (QED) is 0.495. The average Bonchev–Trinajstić information content (AvgIpc) is 2.37. The first-order valence-electron chi connectivity index (χ1n) is 6.08. The zero-order valence-electron chi connectivity index (χ0n) is 10.7. The minimum atomic E-state index is 0. The van der Waals surface area contributed by atoms with E-state index in [9.17, 15) is 0 Å². The maximum atomic E-state index is 5.97. The van der Waals surface area contributed by atoms with Crippen molar-refractivity contribution in [3.05, 3.63) is 23.8 Å². The molecule has 0 radical (unpaired) electrons. The second kappa shape index (κ2) is 7.50. The van der Waals surface area contributed by atoms with E-state index in [0.717, 1.165) is 24.5 Å². The molecule has 2 rings (SSSR count). The Kier molecular flexibility index (Phi) is 6.31. The number of hydrogen-bond acceptors (Lipinski definition) is 3. The van der Waals surface area contributed by atoms with Crippen LogP contribution in [0.1, 0.15) is 30.7 Å². The van der Waals surface area contributed by atoms with Crippen LogP contribution in [0.5, 0.6) is 0 Å². The highest BCUT2D eigenvalue weighted by Gasteiger charge is 2.11. The fourth-order valence-electron chi connectivity index (χ4n) is 1.98. The molecule has 2 heterocycles. The summed E-state index contributed by atoms with van der Waals surface area (Å²) in [7, 11) is 0. The second-order valence-corrected chi connectivity index (χ2v) is 4.37. The number of aliphatic imine (C=N–C) groups is 1. The number of nitrogens with two attached hydrogens (primary N) is 1. The van der Waals surface area contributed by atoms with Crippen LogP contribution in [0.15, 0.2) is 17.4 Å². The predicted molar refractivity (Wildman–Crippen MR) is 82.9 cm³/mol. The van der Waals surface area contributed by atoms with Gasteiger partial charge in [0.1, 0.15) is 6.33 Å². The van der Waals surface area contributed by atoms with Gasteiger partial charge in [-0.1, -0.05) is 0 Å². The number of halogens is 1. The highest BCUT2D eigenvalue weighted by Crippen LogP contribution is 2.08. The van der Waals surface area contributed by atoms with Crippen LogP contribution in [0, 0.1) is 6.92 Å². The molecule has 1 aliphatic heterocycles. The Balaban J connectivity index is 0.00000162. The first kappa shape index (κ1) is 15.1. The van der Waals surface area contributed by atoms with Crippen molar-refractivity contribution in [3.8, 4) is 0 Å². The summed E-state index contributed by atoms with van der Waals surface area (Å²) in [6.45, 7) is 4.53. The molecule has 0 aliphatic carbocycles. The minimum absolute atomic E-state index is 0. The van der Waals surface area contributed by atoms with Gasteiger partial charge in [0.25, 0.3) is 0 Å². The standard InChI is InChI=1S/C12H19N5.HI/c1-10-7-11(16-9-15-10)8-14-12(13)17-5-3-2-4-6-17;/h7,9H,2-6,8H2,1H3,(H2,13,14);1H. The van der Waals surface area contributed by atoms with Crippen molar-refractivity contribution in [2.75, 3.05) is 13.1 Å². The summed E-state index contributed by atoms with van der Waals surface area (Å²) in [5, 5.41) is 0. The Morgan fingerprint density at radius 3 is 2.72 bits per heavy atom. The molecule has 1 fully saturated rings. The number of piperidine rings is 1. The molecule has 1 aromatic rings. The van der Waals surface area contributed by atoms with Crippen LogP contribution in [-0.2, 0) is 6.54 Å². The number of rotatable bonds is 2. The third-order valence-electron chi connectivity index (χ3n) is 2.94. The summed E-state index contributed by atoms with van der Waals surface area (Å²) in [6.07, 6.45) is 5.29. The predicted octanol–water partition coefficient (Wildman–Crippen LogP) is 1.70. The molecule has 1 aromatic heterocycles. The first-order chi connectivity index (χ1) is 8.25. The number of likely N-dealkylation sites (tertiary alicyclic amines) is 1. The Morgan fingerprint density at radius 1 is 1.33 bits per heavy atom. The van der Waals surface area contributed by atoms with E-state index < -0.39 is 0 Å². The summed E-state index contributed by atoms with van der Waals surface area (Å²) in [4.78, 5) is 14.8. The van der Waals surface area contributed by atoms with Crippen LogP contribution in [0.25, 0.3) is 0 Å². The van der Waals surface area contributed by atoms with Crippen molar-refractivity contribution < 1.29 is 0 Å². The molecule has 100 valence electrons. The van der Waals surface area contributed by atoms with Gasteiger partial charge in [-0.05, 0) is 32.3 Å². The van der Waals surface area contributed by atoms with E-state index in [1.807, 2.05) is 13.0 Å². The molecule has 0 amide bonds. The van der Waals surface area contributed by atoms with Gasteiger partial charge in [-0.3, -0.25) is 0 Å². The normalized spacial score (nSPS) is 16.3. The fourth-order valence-corrected chi connectivity index (χ4v) is 1.98. The molecule has 1 aliphatic rings. The Hall–Kier alpha value is -0.920. The number of hydrogen-bond donors (Lipinski definition) is 1. The summed E-state index contributed by atoms with van der Waals surface area (Å²) in [6, 6.07) is 1.94. The average molecular weight is 361 g/mol. The Morgan fingerprint density at radius 2 is 2.06 bits per heavy atom. The summed E-state index contributed by atoms with van der Waals surface area (Å²) >= 11 is 0. The number of guanidine groups is 1. The molecular weight excluding hydrogens is 341 g/mol. The topological polar surface area (TPSA) is 67.4 Å². The van der Waals surface area contributed by atoms with Gasteiger partial charge in [-0.15, -0.1) is 24.0 Å². The monoisotopic (exact) mass is 361 g/mol. The van der Waals surface area contributed by atoms with E-state index in [1.165, 1.54) is 19.3 Å². The van der Waals surface area contributed by atoms with Gasteiger partial charge >= 0.3 is 0 Å². The van der Waals surface area contributed by atoms with Crippen LogP contribution in [0.3, 0.4) is 0 Å². The third-order valence-corrected chi connectivity index (χ3v) is 2.94. The zero-order valence-corrected chi connectivity index (χ0v) is 13.0. The van der Waals surface area contributed by atoms with E-state index in [1.54, 1.807) is 6.33 Å². The molecule has 0 atom stereocenters. The van der Waals surface area contributed by atoms with Crippen molar-refractivity contribution in [1.82, 2.24) is 14.9 Å². The molecule has 0 saturated carbocycles. The van der Waals surface area contributed by atoms with E-state index in [-0.39, 0.29) is 24.0 Å². The summed E-state index contributed by atoms with van der Waals surface area (Å²) in [5.74, 6) is 0.640. The highest BCUT2D eigenvalue weighted by molar-refractivity contribution is 14.0. The Bertz CT molecular complexity index is 401. The van der Waals surface area contributed by atoms with Gasteiger partial charge in [0.05, 0.1) is 12.2 Å². The van der Waals surface area contributed by atoms with Crippen molar-refractivity contribution >= 4 is 29.9 Å². The van der Waals surface area contributed by atoms with Crippen molar-refractivity contribution in [2.45, 2.75) is 32.7 Å². The van der Waals surface area contributed by atoms with E-state index in [4.69, 9.17) is 5.73 Å². The van der Waals surface area contributed by atoms with Crippen LogP contribution in [0.4, 0.5) is 0 Å². The van der Waals surface area contributed by atoms with Crippen molar-refractivity contribution in [2.24, 2.45) is 10.7 Å². The molecule has 0 spiro atoms. The van der Waals surface area contributed by atoms with Gasteiger partial charge < -0.3 is 10.6 Å². The van der Waals surface area contributed by atoms with E-state index in [0.29, 0.717) is 12.5 Å². The molecule has 6 heteroatoms. The number of nitrogens with zero attached hydrogens (tertiary/aromatic N) is 4. The SMILES string of the molecule is Cc1cc(CN=C(N)N2CCCCC2)ncn1.I. The highest BCUT2D eigenvalue weighted by atomic mass is 127. The van der Waals surface area contributed by atoms with E-state index >= 15 is 0 Å². The smallest absolute Gasteiger partial charge is 0.191 e. The van der Waals surface area contributed by atoms with Gasteiger partial charge in [0.2, 0.25) is 0 Å².